The van der Waals surface area contributed by atoms with Crippen LogP contribution in [0.3, 0.4) is 0 Å². The smallest absolute Gasteiger partial charge is 0.407 e. The van der Waals surface area contributed by atoms with E-state index in [2.05, 4.69) is 25.5 Å². The Morgan fingerprint density at radius 1 is 1.52 bits per heavy atom. The molecular weight excluding hydrogens is 314 g/mol. The van der Waals surface area contributed by atoms with Crippen LogP contribution in [0.5, 0.6) is 0 Å². The number of aromatic nitrogens is 1. The molecule has 0 spiro atoms. The molecule has 2 fully saturated rings. The topological polar surface area (TPSA) is 87.6 Å². The van der Waals surface area contributed by atoms with Gasteiger partial charge in [-0.1, -0.05) is 0 Å². The Morgan fingerprint density at radius 3 is 3.13 bits per heavy atom. The van der Waals surface area contributed by atoms with E-state index in [1.165, 1.54) is 11.5 Å². The zero-order valence-electron chi connectivity index (χ0n) is 13.4. The number of hydrogen-bond donors (Lipinski definition) is 3. The summed E-state index contributed by atoms with van der Waals surface area (Å²) in [6, 6.07) is 2.33. The zero-order chi connectivity index (χ0) is 16.2. The number of nitrogens with zero attached hydrogens (tertiary/aromatic N) is 2. The summed E-state index contributed by atoms with van der Waals surface area (Å²) >= 11 is 1.40. The average molecular weight is 337 g/mol. The van der Waals surface area contributed by atoms with Crippen molar-refractivity contribution in [2.24, 2.45) is 10.9 Å². The molecule has 0 bridgehead atoms. The van der Waals surface area contributed by atoms with Crippen molar-refractivity contribution in [3.8, 4) is 0 Å². The monoisotopic (exact) mass is 337 g/mol. The molecule has 0 aromatic carbocycles. The Kier molecular flexibility index (Phi) is 5.12. The van der Waals surface area contributed by atoms with Crippen molar-refractivity contribution in [3.05, 3.63) is 11.4 Å². The second kappa shape index (κ2) is 7.27. The van der Waals surface area contributed by atoms with Gasteiger partial charge >= 0.3 is 6.09 Å². The summed E-state index contributed by atoms with van der Waals surface area (Å²) in [6.45, 7) is 3.85. The molecule has 2 heterocycles. The molecule has 3 atom stereocenters. The van der Waals surface area contributed by atoms with E-state index in [1.54, 1.807) is 0 Å². The summed E-state index contributed by atoms with van der Waals surface area (Å²) in [6.07, 6.45) is 3.44. The first-order valence-electron chi connectivity index (χ1n) is 8.07. The summed E-state index contributed by atoms with van der Waals surface area (Å²) in [5.41, 5.74) is 6.45. The van der Waals surface area contributed by atoms with E-state index in [4.69, 9.17) is 4.74 Å². The fourth-order valence-electron chi connectivity index (χ4n) is 3.11. The van der Waals surface area contributed by atoms with Gasteiger partial charge in [-0.2, -0.15) is 4.37 Å². The second-order valence-electron chi connectivity index (χ2n) is 6.40. The number of ether oxygens (including phenoxy) is 1. The van der Waals surface area contributed by atoms with Crippen LogP contribution >= 0.6 is 11.5 Å². The fourth-order valence-corrected chi connectivity index (χ4v) is 3.57. The van der Waals surface area contributed by atoms with Gasteiger partial charge in [-0.3, -0.25) is 0 Å². The number of amidine groups is 1. The maximum Gasteiger partial charge on any atom is 0.407 e. The Labute approximate surface area is 140 Å². The number of hydrazine groups is 1. The van der Waals surface area contributed by atoms with Gasteiger partial charge in [0.2, 0.25) is 0 Å². The third-order valence-electron chi connectivity index (χ3n) is 4.16. The van der Waals surface area contributed by atoms with Crippen LogP contribution < -0.4 is 16.2 Å². The van der Waals surface area contributed by atoms with E-state index in [0.717, 1.165) is 37.3 Å². The van der Waals surface area contributed by atoms with Crippen LogP contribution in [0.25, 0.3) is 0 Å². The molecule has 1 aliphatic heterocycles. The molecule has 1 aromatic heterocycles. The predicted molar refractivity (Wildman–Crippen MR) is 89.8 cm³/mol. The van der Waals surface area contributed by atoms with Crippen molar-refractivity contribution in [1.29, 1.82) is 0 Å². The number of aliphatic imine (C=N–C) groups is 1. The first-order valence-corrected chi connectivity index (χ1v) is 8.90. The van der Waals surface area contributed by atoms with Crippen molar-refractivity contribution in [2.75, 3.05) is 0 Å². The molecule has 1 aliphatic carbocycles. The lowest BCUT2D eigenvalue weighted by molar-refractivity contribution is 0.0956. The molecule has 3 N–H and O–H groups in total. The molecule has 2 aliphatic rings. The average Bonchev–Trinajstić information content (AvgIpc) is 3.19. The number of carbonyl (C=O) groups excluding carboxylic acids is 1. The molecule has 7 nitrogen and oxygen atoms in total. The quantitative estimate of drug-likeness (QED) is 0.785. The van der Waals surface area contributed by atoms with Crippen LogP contribution in [0.1, 0.15) is 39.5 Å². The largest absolute Gasteiger partial charge is 0.446 e. The number of alkyl carbamates (subject to hydrolysis) is 1. The highest BCUT2D eigenvalue weighted by Crippen LogP contribution is 2.32. The highest BCUT2D eigenvalue weighted by atomic mass is 32.1. The molecule has 1 unspecified atom stereocenters. The summed E-state index contributed by atoms with van der Waals surface area (Å²) < 4.78 is 9.68. The maximum absolute atomic E-state index is 11.7. The van der Waals surface area contributed by atoms with Crippen LogP contribution in [0, 0.1) is 5.92 Å². The molecule has 126 valence electrons. The third-order valence-corrected chi connectivity index (χ3v) is 4.71. The Balaban J connectivity index is 1.47. The second-order valence-corrected chi connectivity index (χ2v) is 7.06. The number of hydrogen-bond acceptors (Lipinski definition) is 6. The van der Waals surface area contributed by atoms with E-state index < -0.39 is 0 Å². The number of carbonyl (C=O) groups is 1. The SMILES string of the molecule is CC(C)NC(=O)O[C@@H]1CC[C@H](C2CC(=Nc3ccsn3)NN2)C1. The number of nitrogens with one attached hydrogen (secondary N) is 3. The van der Waals surface area contributed by atoms with Gasteiger partial charge in [0.15, 0.2) is 5.82 Å². The number of rotatable bonds is 4. The summed E-state index contributed by atoms with van der Waals surface area (Å²) in [7, 11) is 0. The van der Waals surface area contributed by atoms with Crippen LogP contribution in [0.15, 0.2) is 16.4 Å². The van der Waals surface area contributed by atoms with Gasteiger partial charge in [0, 0.05) is 23.9 Å². The van der Waals surface area contributed by atoms with Gasteiger partial charge in [-0.15, -0.1) is 0 Å². The molecule has 1 amide bonds. The van der Waals surface area contributed by atoms with E-state index in [1.807, 2.05) is 25.3 Å². The lowest BCUT2D eigenvalue weighted by atomic mass is 9.96. The molecule has 1 saturated heterocycles. The summed E-state index contributed by atoms with van der Waals surface area (Å²) in [4.78, 5) is 16.2. The molecule has 0 radical (unpaired) electrons. The maximum atomic E-state index is 11.7. The Hall–Kier alpha value is -1.67. The van der Waals surface area contributed by atoms with Crippen LogP contribution in [-0.4, -0.2) is 34.5 Å². The van der Waals surface area contributed by atoms with Gasteiger partial charge in [0.05, 0.1) is 0 Å². The van der Waals surface area contributed by atoms with Gasteiger partial charge in [-0.05, 0) is 56.6 Å². The van der Waals surface area contributed by atoms with Gasteiger partial charge in [0.1, 0.15) is 11.9 Å². The lowest BCUT2D eigenvalue weighted by Crippen LogP contribution is -2.36. The highest BCUT2D eigenvalue weighted by Gasteiger charge is 2.35. The molecule has 3 rings (SSSR count). The summed E-state index contributed by atoms with van der Waals surface area (Å²) in [5, 5.41) is 4.69. The molecule has 1 aromatic rings. The first-order chi connectivity index (χ1) is 11.1. The number of amides is 1. The third kappa shape index (κ3) is 4.42. The highest BCUT2D eigenvalue weighted by molar-refractivity contribution is 7.03. The van der Waals surface area contributed by atoms with Gasteiger partial charge in [0.25, 0.3) is 0 Å². The Morgan fingerprint density at radius 2 is 2.39 bits per heavy atom. The van der Waals surface area contributed by atoms with E-state index >= 15 is 0 Å². The van der Waals surface area contributed by atoms with E-state index in [9.17, 15) is 4.79 Å². The Bertz CT molecular complexity index is 560. The molecule has 23 heavy (non-hydrogen) atoms. The standard InChI is InChI=1S/C15H23N5O2S/c1-9(2)16-15(21)22-11-4-3-10(7-11)12-8-14(19-18-12)17-13-5-6-23-20-13/h5-6,9-12,18H,3-4,7-8H2,1-2H3,(H,16,21)(H,17,19,20)/t10-,11+,12?/m0/s1. The minimum absolute atomic E-state index is 0.0140. The predicted octanol–water partition coefficient (Wildman–Crippen LogP) is 2.34. The minimum Gasteiger partial charge on any atom is -0.446 e. The van der Waals surface area contributed by atoms with Crippen molar-refractivity contribution in [3.63, 3.8) is 0 Å². The lowest BCUT2D eigenvalue weighted by Gasteiger charge is -2.18. The normalized spacial score (nSPS) is 29.0. The molecule has 8 heteroatoms. The van der Waals surface area contributed by atoms with E-state index in [0.29, 0.717) is 12.0 Å². The van der Waals surface area contributed by atoms with Crippen molar-refractivity contribution in [2.45, 2.75) is 57.7 Å². The van der Waals surface area contributed by atoms with Crippen LogP contribution in [0.2, 0.25) is 0 Å². The van der Waals surface area contributed by atoms with Crippen LogP contribution in [-0.2, 0) is 4.74 Å². The minimum atomic E-state index is -0.311. The first kappa shape index (κ1) is 16.2. The van der Waals surface area contributed by atoms with Gasteiger partial charge in [-0.25, -0.2) is 15.2 Å². The van der Waals surface area contributed by atoms with Crippen molar-refractivity contribution >= 4 is 29.3 Å². The van der Waals surface area contributed by atoms with Crippen LogP contribution in [0.4, 0.5) is 10.6 Å². The van der Waals surface area contributed by atoms with Gasteiger partial charge < -0.3 is 15.5 Å². The fraction of sp³-hybridized carbons (Fsp3) is 0.667. The van der Waals surface area contributed by atoms with Crippen molar-refractivity contribution < 1.29 is 9.53 Å². The zero-order valence-corrected chi connectivity index (χ0v) is 14.2. The molecular formula is C15H23N5O2S. The van der Waals surface area contributed by atoms with E-state index in [-0.39, 0.29) is 18.2 Å². The van der Waals surface area contributed by atoms with Crippen molar-refractivity contribution in [1.82, 2.24) is 20.5 Å². The molecule has 1 saturated carbocycles. The summed E-state index contributed by atoms with van der Waals surface area (Å²) in [5.74, 6) is 2.16.